The van der Waals surface area contributed by atoms with Crippen LogP contribution in [0, 0.1) is 13.8 Å². The van der Waals surface area contributed by atoms with Crippen molar-refractivity contribution in [2.24, 2.45) is 5.73 Å². The van der Waals surface area contributed by atoms with Gasteiger partial charge in [-0.15, -0.1) is 0 Å². The Hall–Kier alpha value is -1.33. The summed E-state index contributed by atoms with van der Waals surface area (Å²) in [6.07, 6.45) is 0.0422. The molecule has 16 heavy (non-hydrogen) atoms. The van der Waals surface area contributed by atoms with Crippen LogP contribution in [0.4, 0.5) is 0 Å². The van der Waals surface area contributed by atoms with Gasteiger partial charge in [-0.1, -0.05) is 0 Å². The van der Waals surface area contributed by atoms with Crippen LogP contribution in [0.15, 0.2) is 12.1 Å². The molecule has 0 aliphatic rings. The lowest BCUT2D eigenvalue weighted by molar-refractivity contribution is -0.119. The molecule has 0 fully saturated rings. The summed E-state index contributed by atoms with van der Waals surface area (Å²) in [6, 6.07) is 3.90. The average molecular weight is 225 g/mol. The van der Waals surface area contributed by atoms with E-state index in [-0.39, 0.29) is 18.4 Å². The fourth-order valence-electron chi connectivity index (χ4n) is 1.48. The molecule has 0 saturated heterocycles. The van der Waals surface area contributed by atoms with Gasteiger partial charge in [0.15, 0.2) is 0 Å². The summed E-state index contributed by atoms with van der Waals surface area (Å²) in [5.41, 5.74) is 10.2. The summed E-state index contributed by atoms with van der Waals surface area (Å²) >= 11 is 0. The Labute approximate surface area is 95.5 Å². The van der Waals surface area contributed by atoms with Gasteiger partial charge in [0, 0.05) is 25.0 Å². The molecule has 0 bridgehead atoms. The molecule has 1 aromatic rings. The normalized spacial score (nSPS) is 12.5. The van der Waals surface area contributed by atoms with Crippen LogP contribution in [0.3, 0.4) is 0 Å². The molecule has 1 heterocycles. The van der Waals surface area contributed by atoms with Crippen molar-refractivity contribution >= 4 is 5.91 Å². The minimum absolute atomic E-state index is 0.0975. The van der Waals surface area contributed by atoms with E-state index in [1.807, 2.05) is 26.0 Å². The second-order valence-corrected chi connectivity index (χ2v) is 3.78. The summed E-state index contributed by atoms with van der Waals surface area (Å²) in [5.74, 6) is -0.0975. The topological polar surface area (TPSA) is 69.3 Å². The number of amides is 1. The van der Waals surface area contributed by atoms with Gasteiger partial charge in [-0.25, -0.2) is 0 Å². The number of aryl methyl sites for hydroxylation is 2. The molecule has 5 nitrogen and oxygen atoms in total. The Morgan fingerprint density at radius 3 is 2.50 bits per heavy atom. The number of nitrogens with zero attached hydrogens (tertiary/aromatic N) is 1. The van der Waals surface area contributed by atoms with Gasteiger partial charge >= 0.3 is 0 Å². The van der Waals surface area contributed by atoms with Crippen molar-refractivity contribution in [2.75, 3.05) is 19.1 Å². The van der Waals surface area contributed by atoms with Crippen LogP contribution >= 0.6 is 0 Å². The fourth-order valence-corrected chi connectivity index (χ4v) is 1.48. The van der Waals surface area contributed by atoms with Gasteiger partial charge in [-0.05, 0) is 26.0 Å². The maximum absolute atomic E-state index is 11.7. The van der Waals surface area contributed by atoms with Crippen molar-refractivity contribution in [2.45, 2.75) is 26.4 Å². The summed E-state index contributed by atoms with van der Waals surface area (Å²) < 4.78 is 6.81. The SMILES string of the molecule is COC(CN)CC(=O)Nn1c(C)ccc1C. The molecule has 0 saturated carbocycles. The third-order valence-electron chi connectivity index (χ3n) is 2.52. The average Bonchev–Trinajstić information content (AvgIpc) is 2.57. The number of carbonyl (C=O) groups is 1. The number of rotatable bonds is 5. The van der Waals surface area contributed by atoms with E-state index in [1.165, 1.54) is 0 Å². The number of aromatic nitrogens is 1. The second-order valence-electron chi connectivity index (χ2n) is 3.78. The molecule has 5 heteroatoms. The Morgan fingerprint density at radius 1 is 1.50 bits per heavy atom. The molecule has 1 rings (SSSR count). The molecule has 0 aliphatic carbocycles. The standard InChI is InChI=1S/C11H19N3O2/c1-8-4-5-9(2)14(8)13-11(15)6-10(7-12)16-3/h4-5,10H,6-7,12H2,1-3H3,(H,13,15). The minimum Gasteiger partial charge on any atom is -0.380 e. The van der Waals surface area contributed by atoms with Crippen LogP contribution in [0.5, 0.6) is 0 Å². The van der Waals surface area contributed by atoms with Gasteiger partial charge in [0.25, 0.3) is 0 Å². The van der Waals surface area contributed by atoms with Crippen LogP contribution in [0.25, 0.3) is 0 Å². The zero-order chi connectivity index (χ0) is 12.1. The Kier molecular flexibility index (Phi) is 4.52. The molecule has 1 amide bonds. The number of nitrogens with two attached hydrogens (primary N) is 1. The highest BCUT2D eigenvalue weighted by atomic mass is 16.5. The molecule has 90 valence electrons. The van der Waals surface area contributed by atoms with E-state index < -0.39 is 0 Å². The van der Waals surface area contributed by atoms with E-state index in [2.05, 4.69) is 5.43 Å². The third kappa shape index (κ3) is 3.08. The third-order valence-corrected chi connectivity index (χ3v) is 2.52. The van der Waals surface area contributed by atoms with Gasteiger partial charge in [0.2, 0.25) is 5.91 Å². The van der Waals surface area contributed by atoms with Gasteiger partial charge < -0.3 is 10.5 Å². The van der Waals surface area contributed by atoms with Crippen LogP contribution in [-0.4, -0.2) is 30.3 Å². The number of hydrogen-bond donors (Lipinski definition) is 2. The van der Waals surface area contributed by atoms with Crippen LogP contribution < -0.4 is 11.2 Å². The maximum Gasteiger partial charge on any atom is 0.241 e. The highest BCUT2D eigenvalue weighted by Gasteiger charge is 2.12. The predicted molar refractivity (Wildman–Crippen MR) is 62.7 cm³/mol. The maximum atomic E-state index is 11.7. The summed E-state index contributed by atoms with van der Waals surface area (Å²) in [4.78, 5) is 11.7. The summed E-state index contributed by atoms with van der Waals surface area (Å²) in [5, 5.41) is 0. The molecular formula is C11H19N3O2. The minimum atomic E-state index is -0.226. The van der Waals surface area contributed by atoms with E-state index in [9.17, 15) is 4.79 Å². The second kappa shape index (κ2) is 5.67. The summed E-state index contributed by atoms with van der Waals surface area (Å²) in [7, 11) is 1.55. The molecule has 0 spiro atoms. The van der Waals surface area contributed by atoms with Gasteiger partial charge in [-0.2, -0.15) is 0 Å². The van der Waals surface area contributed by atoms with Crippen LogP contribution in [-0.2, 0) is 9.53 Å². The van der Waals surface area contributed by atoms with E-state index >= 15 is 0 Å². The lowest BCUT2D eigenvalue weighted by Gasteiger charge is -2.15. The van der Waals surface area contributed by atoms with E-state index in [1.54, 1.807) is 11.8 Å². The van der Waals surface area contributed by atoms with Crippen molar-refractivity contribution in [1.29, 1.82) is 0 Å². The lowest BCUT2D eigenvalue weighted by Crippen LogP contribution is -2.32. The summed E-state index contributed by atoms with van der Waals surface area (Å²) in [6.45, 7) is 4.21. The molecular weight excluding hydrogens is 206 g/mol. The van der Waals surface area contributed by atoms with Gasteiger partial charge in [0.1, 0.15) is 0 Å². The first kappa shape index (κ1) is 12.7. The van der Waals surface area contributed by atoms with Crippen molar-refractivity contribution < 1.29 is 9.53 Å². The highest BCUT2D eigenvalue weighted by Crippen LogP contribution is 2.05. The lowest BCUT2D eigenvalue weighted by atomic mass is 10.2. The molecule has 0 aliphatic heterocycles. The van der Waals surface area contributed by atoms with E-state index in [0.717, 1.165) is 11.4 Å². The first-order valence-corrected chi connectivity index (χ1v) is 5.26. The largest absolute Gasteiger partial charge is 0.380 e. The first-order chi connectivity index (χ1) is 7.58. The van der Waals surface area contributed by atoms with Crippen molar-refractivity contribution in [3.63, 3.8) is 0 Å². The highest BCUT2D eigenvalue weighted by molar-refractivity contribution is 5.84. The number of hydrogen-bond acceptors (Lipinski definition) is 3. The number of carbonyl (C=O) groups excluding carboxylic acids is 1. The molecule has 1 aromatic heterocycles. The number of methoxy groups -OCH3 is 1. The molecule has 3 N–H and O–H groups in total. The zero-order valence-corrected chi connectivity index (χ0v) is 9.99. The van der Waals surface area contributed by atoms with Crippen LogP contribution in [0.1, 0.15) is 17.8 Å². The molecule has 0 aromatic carbocycles. The quantitative estimate of drug-likeness (QED) is 0.768. The molecule has 0 radical (unpaired) electrons. The number of ether oxygens (including phenoxy) is 1. The number of nitrogens with one attached hydrogen (secondary N) is 1. The first-order valence-electron chi connectivity index (χ1n) is 5.26. The predicted octanol–water partition coefficient (Wildman–Crippen LogP) is 0.539. The van der Waals surface area contributed by atoms with Gasteiger partial charge in [0.05, 0.1) is 12.5 Å². The Balaban J connectivity index is 2.58. The fraction of sp³-hybridized carbons (Fsp3) is 0.545. The van der Waals surface area contributed by atoms with Crippen molar-refractivity contribution in [1.82, 2.24) is 4.68 Å². The van der Waals surface area contributed by atoms with E-state index in [4.69, 9.17) is 10.5 Å². The Bertz CT molecular complexity index is 337. The Morgan fingerprint density at radius 2 is 2.06 bits per heavy atom. The molecule has 1 unspecified atom stereocenters. The van der Waals surface area contributed by atoms with Crippen molar-refractivity contribution in [3.05, 3.63) is 23.5 Å². The van der Waals surface area contributed by atoms with Gasteiger partial charge in [-0.3, -0.25) is 14.9 Å². The van der Waals surface area contributed by atoms with E-state index in [0.29, 0.717) is 6.54 Å². The molecule has 1 atom stereocenters. The van der Waals surface area contributed by atoms with Crippen LogP contribution in [0.2, 0.25) is 0 Å². The zero-order valence-electron chi connectivity index (χ0n) is 9.99. The van der Waals surface area contributed by atoms with Crippen molar-refractivity contribution in [3.8, 4) is 0 Å². The smallest absolute Gasteiger partial charge is 0.241 e. The monoisotopic (exact) mass is 225 g/mol.